The normalized spacial score (nSPS) is 38.0. The number of esters is 1. The van der Waals surface area contributed by atoms with Crippen molar-refractivity contribution in [2.24, 2.45) is 5.73 Å². The van der Waals surface area contributed by atoms with Crippen molar-refractivity contribution in [1.82, 2.24) is 4.90 Å². The quantitative estimate of drug-likeness (QED) is 0.608. The summed E-state index contributed by atoms with van der Waals surface area (Å²) in [6.45, 7) is 3.60. The SMILES string of the molecule is CC(=O)O[C@@H]1CCN2CCC[C@H](N)[C@@H]12. The Balaban J connectivity index is 2.02. The number of nitrogens with two attached hydrogens (primary N) is 1. The predicted octanol–water partition coefficient (Wildman–Crippen LogP) is 0.114. The molecule has 0 aromatic rings. The van der Waals surface area contributed by atoms with Crippen molar-refractivity contribution in [2.45, 2.75) is 44.4 Å². The molecule has 2 fully saturated rings. The Morgan fingerprint density at radius 3 is 2.93 bits per heavy atom. The molecule has 0 bridgehead atoms. The number of carbonyl (C=O) groups excluding carboxylic acids is 1. The Morgan fingerprint density at radius 1 is 1.43 bits per heavy atom. The third-order valence-corrected chi connectivity index (χ3v) is 3.24. The minimum absolute atomic E-state index is 0.0304. The standard InChI is InChI=1S/C10H18N2O2/c1-7(13)14-9-4-6-12-5-2-3-8(11)10(9)12/h8-10H,2-6,11H2,1H3/t8-,9+,10-/m0/s1. The van der Waals surface area contributed by atoms with Crippen LogP contribution in [-0.4, -0.2) is 42.1 Å². The highest BCUT2D eigenvalue weighted by Gasteiger charge is 2.41. The van der Waals surface area contributed by atoms with Crippen LogP contribution in [0.5, 0.6) is 0 Å². The van der Waals surface area contributed by atoms with Crippen LogP contribution in [0.3, 0.4) is 0 Å². The van der Waals surface area contributed by atoms with Crippen molar-refractivity contribution < 1.29 is 9.53 Å². The van der Waals surface area contributed by atoms with Gasteiger partial charge in [0.1, 0.15) is 6.10 Å². The zero-order valence-electron chi connectivity index (χ0n) is 8.61. The van der Waals surface area contributed by atoms with Crippen LogP contribution in [0.1, 0.15) is 26.2 Å². The molecule has 0 amide bonds. The zero-order valence-corrected chi connectivity index (χ0v) is 8.61. The van der Waals surface area contributed by atoms with Gasteiger partial charge in [-0.05, 0) is 25.8 Å². The minimum atomic E-state index is -0.186. The minimum Gasteiger partial charge on any atom is -0.461 e. The molecule has 14 heavy (non-hydrogen) atoms. The van der Waals surface area contributed by atoms with Crippen molar-refractivity contribution in [3.63, 3.8) is 0 Å². The lowest BCUT2D eigenvalue weighted by atomic mass is 9.95. The van der Waals surface area contributed by atoms with Gasteiger partial charge in [0.05, 0.1) is 6.04 Å². The molecule has 2 aliphatic rings. The number of hydrogen-bond acceptors (Lipinski definition) is 4. The van der Waals surface area contributed by atoms with Crippen LogP contribution in [0.25, 0.3) is 0 Å². The van der Waals surface area contributed by atoms with Crippen LogP contribution in [0.4, 0.5) is 0 Å². The molecule has 3 atom stereocenters. The number of hydrogen-bond donors (Lipinski definition) is 1. The van der Waals surface area contributed by atoms with Gasteiger partial charge < -0.3 is 10.5 Å². The fraction of sp³-hybridized carbons (Fsp3) is 0.900. The van der Waals surface area contributed by atoms with Gasteiger partial charge in [-0.25, -0.2) is 0 Å². The maximum absolute atomic E-state index is 10.9. The van der Waals surface area contributed by atoms with Crippen LogP contribution in [-0.2, 0) is 9.53 Å². The maximum atomic E-state index is 10.9. The van der Waals surface area contributed by atoms with Gasteiger partial charge in [-0.1, -0.05) is 0 Å². The molecule has 0 unspecified atom stereocenters. The second kappa shape index (κ2) is 3.87. The fourth-order valence-electron chi connectivity index (χ4n) is 2.70. The molecule has 4 nitrogen and oxygen atoms in total. The highest BCUT2D eigenvalue weighted by Crippen LogP contribution is 2.28. The molecular weight excluding hydrogens is 180 g/mol. The lowest BCUT2D eigenvalue weighted by molar-refractivity contribution is -0.148. The highest BCUT2D eigenvalue weighted by molar-refractivity contribution is 5.66. The maximum Gasteiger partial charge on any atom is 0.302 e. The highest BCUT2D eigenvalue weighted by atomic mass is 16.5. The summed E-state index contributed by atoms with van der Waals surface area (Å²) >= 11 is 0. The number of fused-ring (bicyclic) bond motifs is 1. The van der Waals surface area contributed by atoms with Crippen LogP contribution < -0.4 is 5.73 Å². The molecule has 2 saturated heterocycles. The van der Waals surface area contributed by atoms with Gasteiger partial charge in [0.15, 0.2) is 0 Å². The second-order valence-corrected chi connectivity index (χ2v) is 4.27. The Bertz CT molecular complexity index is 232. The molecule has 0 spiro atoms. The summed E-state index contributed by atoms with van der Waals surface area (Å²) in [5.41, 5.74) is 6.05. The first kappa shape index (κ1) is 9.93. The number of carbonyl (C=O) groups is 1. The summed E-state index contributed by atoms with van der Waals surface area (Å²) in [7, 11) is 0. The van der Waals surface area contributed by atoms with E-state index in [0.29, 0.717) is 0 Å². The van der Waals surface area contributed by atoms with E-state index < -0.39 is 0 Å². The van der Waals surface area contributed by atoms with E-state index in [4.69, 9.17) is 10.5 Å². The van der Waals surface area contributed by atoms with Gasteiger partial charge in [0.25, 0.3) is 0 Å². The van der Waals surface area contributed by atoms with Crippen molar-refractivity contribution in [1.29, 1.82) is 0 Å². The molecule has 0 saturated carbocycles. The van der Waals surface area contributed by atoms with E-state index >= 15 is 0 Å². The number of piperidine rings is 1. The monoisotopic (exact) mass is 198 g/mol. The smallest absolute Gasteiger partial charge is 0.302 e. The van der Waals surface area contributed by atoms with E-state index in [2.05, 4.69) is 4.90 Å². The average molecular weight is 198 g/mol. The molecule has 2 N–H and O–H groups in total. The largest absolute Gasteiger partial charge is 0.461 e. The molecular formula is C10H18N2O2. The van der Waals surface area contributed by atoms with E-state index in [9.17, 15) is 4.79 Å². The number of nitrogens with zero attached hydrogens (tertiary/aromatic N) is 1. The van der Waals surface area contributed by atoms with Gasteiger partial charge in [-0.3, -0.25) is 9.69 Å². The van der Waals surface area contributed by atoms with Crippen LogP contribution in [0.15, 0.2) is 0 Å². The van der Waals surface area contributed by atoms with Gasteiger partial charge in [0.2, 0.25) is 0 Å². The summed E-state index contributed by atoms with van der Waals surface area (Å²) in [4.78, 5) is 13.3. The first-order valence-electron chi connectivity index (χ1n) is 5.35. The van der Waals surface area contributed by atoms with E-state index in [1.165, 1.54) is 13.3 Å². The molecule has 0 radical (unpaired) electrons. The molecule has 2 rings (SSSR count). The fourth-order valence-corrected chi connectivity index (χ4v) is 2.70. The Hall–Kier alpha value is -0.610. The van der Waals surface area contributed by atoms with E-state index in [0.717, 1.165) is 25.9 Å². The molecule has 4 heteroatoms. The van der Waals surface area contributed by atoms with Gasteiger partial charge in [-0.15, -0.1) is 0 Å². The summed E-state index contributed by atoms with van der Waals surface area (Å²) in [5, 5.41) is 0. The summed E-state index contributed by atoms with van der Waals surface area (Å²) in [6.07, 6.45) is 3.20. The molecule has 2 heterocycles. The van der Waals surface area contributed by atoms with Crippen molar-refractivity contribution >= 4 is 5.97 Å². The molecule has 0 aromatic heterocycles. The Labute approximate surface area is 84.4 Å². The van der Waals surface area contributed by atoms with Crippen LogP contribution in [0.2, 0.25) is 0 Å². The third kappa shape index (κ3) is 1.77. The van der Waals surface area contributed by atoms with Gasteiger partial charge >= 0.3 is 5.97 Å². The summed E-state index contributed by atoms with van der Waals surface area (Å²) in [6, 6.07) is 0.447. The third-order valence-electron chi connectivity index (χ3n) is 3.24. The van der Waals surface area contributed by atoms with Crippen molar-refractivity contribution in [2.75, 3.05) is 13.1 Å². The predicted molar refractivity (Wildman–Crippen MR) is 52.7 cm³/mol. The van der Waals surface area contributed by atoms with E-state index in [-0.39, 0.29) is 24.2 Å². The zero-order chi connectivity index (χ0) is 10.1. The second-order valence-electron chi connectivity index (χ2n) is 4.27. The average Bonchev–Trinajstić information content (AvgIpc) is 2.49. The lowest BCUT2D eigenvalue weighted by Gasteiger charge is -2.36. The van der Waals surface area contributed by atoms with Crippen LogP contribution in [0, 0.1) is 0 Å². The van der Waals surface area contributed by atoms with Gasteiger partial charge in [-0.2, -0.15) is 0 Å². The molecule has 80 valence electrons. The van der Waals surface area contributed by atoms with Crippen molar-refractivity contribution in [3.8, 4) is 0 Å². The number of ether oxygens (including phenoxy) is 1. The Kier molecular flexibility index (Phi) is 2.74. The van der Waals surface area contributed by atoms with Gasteiger partial charge in [0, 0.05) is 19.5 Å². The molecule has 2 aliphatic heterocycles. The Morgan fingerprint density at radius 2 is 2.21 bits per heavy atom. The first-order chi connectivity index (χ1) is 6.68. The first-order valence-corrected chi connectivity index (χ1v) is 5.35. The van der Waals surface area contributed by atoms with E-state index in [1.807, 2.05) is 0 Å². The molecule has 0 aromatic carbocycles. The van der Waals surface area contributed by atoms with Crippen molar-refractivity contribution in [3.05, 3.63) is 0 Å². The van der Waals surface area contributed by atoms with E-state index in [1.54, 1.807) is 0 Å². The lowest BCUT2D eigenvalue weighted by Crippen LogP contribution is -2.53. The van der Waals surface area contributed by atoms with Crippen LogP contribution >= 0.6 is 0 Å². The summed E-state index contributed by atoms with van der Waals surface area (Å²) < 4.78 is 5.29. The summed E-state index contributed by atoms with van der Waals surface area (Å²) in [5.74, 6) is -0.186. The number of rotatable bonds is 1. The molecule has 0 aliphatic carbocycles. The topological polar surface area (TPSA) is 55.6 Å².